The van der Waals surface area contributed by atoms with E-state index in [-0.39, 0.29) is 39.4 Å². The Labute approximate surface area is 91.9 Å². The van der Waals surface area contributed by atoms with E-state index in [1.54, 1.807) is 13.1 Å². The van der Waals surface area contributed by atoms with Gasteiger partial charge in [-0.15, -0.1) is 34.0 Å². The van der Waals surface area contributed by atoms with Crippen molar-refractivity contribution in [3.63, 3.8) is 0 Å². The van der Waals surface area contributed by atoms with Crippen molar-refractivity contribution < 1.29 is 0 Å². The molecule has 0 amide bonds. The molecule has 70 valence electrons. The standard InChI is InChI=1S/C7H10N2O.2BrH/c1-5-4-9-6(3-8)2-7(5)10;;/h2,4H,3,8H2,1H3,(H,9,10);2*1H. The zero-order chi connectivity index (χ0) is 7.56. The smallest absolute Gasteiger partial charge is 0.184 e. The van der Waals surface area contributed by atoms with E-state index in [4.69, 9.17) is 5.73 Å². The number of halogens is 2. The van der Waals surface area contributed by atoms with Crippen LogP contribution in [0.3, 0.4) is 0 Å². The van der Waals surface area contributed by atoms with E-state index in [0.717, 1.165) is 11.3 Å². The van der Waals surface area contributed by atoms with Gasteiger partial charge >= 0.3 is 0 Å². The van der Waals surface area contributed by atoms with Crippen molar-refractivity contribution in [1.29, 1.82) is 0 Å². The van der Waals surface area contributed by atoms with Crippen molar-refractivity contribution in [2.75, 3.05) is 0 Å². The number of hydrogen-bond donors (Lipinski definition) is 2. The first-order valence-corrected chi connectivity index (χ1v) is 3.12. The van der Waals surface area contributed by atoms with Crippen LogP contribution < -0.4 is 11.2 Å². The number of nitrogens with one attached hydrogen (secondary N) is 1. The molecule has 0 saturated heterocycles. The number of hydrogen-bond acceptors (Lipinski definition) is 2. The lowest BCUT2D eigenvalue weighted by atomic mass is 10.2. The molecule has 0 aliphatic heterocycles. The molecule has 1 heterocycles. The van der Waals surface area contributed by atoms with Gasteiger partial charge in [0.05, 0.1) is 0 Å². The molecule has 5 heteroatoms. The largest absolute Gasteiger partial charge is 0.363 e. The Hall–Kier alpha value is -0.130. The lowest BCUT2D eigenvalue weighted by Gasteiger charge is -1.95. The summed E-state index contributed by atoms with van der Waals surface area (Å²) in [7, 11) is 0. The second-order valence-corrected chi connectivity index (χ2v) is 2.21. The van der Waals surface area contributed by atoms with Crippen LogP contribution in [0.5, 0.6) is 0 Å². The first-order valence-electron chi connectivity index (χ1n) is 3.12. The van der Waals surface area contributed by atoms with Crippen molar-refractivity contribution in [1.82, 2.24) is 4.98 Å². The highest BCUT2D eigenvalue weighted by atomic mass is 79.9. The van der Waals surface area contributed by atoms with Gasteiger partial charge < -0.3 is 10.7 Å². The summed E-state index contributed by atoms with van der Waals surface area (Å²) in [5.41, 5.74) is 6.83. The van der Waals surface area contributed by atoms with E-state index >= 15 is 0 Å². The molecule has 0 unspecified atom stereocenters. The maximum atomic E-state index is 10.9. The Morgan fingerprint density at radius 1 is 1.50 bits per heavy atom. The fourth-order valence-corrected chi connectivity index (χ4v) is 0.704. The van der Waals surface area contributed by atoms with Gasteiger partial charge in [-0.2, -0.15) is 0 Å². The zero-order valence-corrected chi connectivity index (χ0v) is 10.1. The minimum absolute atomic E-state index is 0. The molecule has 0 radical (unpaired) electrons. The average Bonchev–Trinajstić information content (AvgIpc) is 1.95. The molecule has 0 aliphatic carbocycles. The number of nitrogens with two attached hydrogens (primary N) is 1. The topological polar surface area (TPSA) is 58.9 Å². The second-order valence-electron chi connectivity index (χ2n) is 2.21. The van der Waals surface area contributed by atoms with E-state index in [0.29, 0.717) is 6.54 Å². The molecule has 1 aromatic heterocycles. The van der Waals surface area contributed by atoms with Crippen molar-refractivity contribution in [2.45, 2.75) is 13.5 Å². The van der Waals surface area contributed by atoms with Crippen LogP contribution in [0.25, 0.3) is 0 Å². The average molecular weight is 300 g/mol. The van der Waals surface area contributed by atoms with Crippen molar-refractivity contribution >= 4 is 34.0 Å². The molecular weight excluding hydrogens is 288 g/mol. The molecule has 0 aliphatic rings. The molecular formula is C7H12Br2N2O. The first-order chi connectivity index (χ1) is 4.74. The highest BCUT2D eigenvalue weighted by Gasteiger charge is 1.92. The third-order valence-electron chi connectivity index (χ3n) is 1.39. The van der Waals surface area contributed by atoms with E-state index in [1.165, 1.54) is 6.07 Å². The maximum absolute atomic E-state index is 10.9. The molecule has 0 aromatic carbocycles. The number of aryl methyl sites for hydroxylation is 1. The number of H-pyrrole nitrogens is 1. The van der Waals surface area contributed by atoms with E-state index in [2.05, 4.69) is 4.98 Å². The predicted molar refractivity (Wildman–Crippen MR) is 60.3 cm³/mol. The molecule has 0 atom stereocenters. The molecule has 3 nitrogen and oxygen atoms in total. The Bertz CT molecular complexity index is 285. The van der Waals surface area contributed by atoms with Gasteiger partial charge in [-0.3, -0.25) is 4.79 Å². The van der Waals surface area contributed by atoms with Crippen LogP contribution in [0.1, 0.15) is 11.3 Å². The molecule has 1 rings (SSSR count). The molecule has 0 fully saturated rings. The second kappa shape index (κ2) is 6.39. The predicted octanol–water partition coefficient (Wildman–Crippen LogP) is 1.30. The van der Waals surface area contributed by atoms with Gasteiger partial charge in [0.15, 0.2) is 5.43 Å². The van der Waals surface area contributed by atoms with Crippen LogP contribution in [0.2, 0.25) is 0 Å². The fourth-order valence-electron chi connectivity index (χ4n) is 0.704. The van der Waals surface area contributed by atoms with E-state index in [9.17, 15) is 4.79 Å². The van der Waals surface area contributed by atoms with Crippen molar-refractivity contribution in [3.05, 3.63) is 33.7 Å². The molecule has 0 bridgehead atoms. The minimum Gasteiger partial charge on any atom is -0.363 e. The highest BCUT2D eigenvalue weighted by Crippen LogP contribution is 1.88. The maximum Gasteiger partial charge on any atom is 0.184 e. The van der Waals surface area contributed by atoms with Crippen LogP contribution >= 0.6 is 34.0 Å². The number of rotatable bonds is 1. The SMILES string of the molecule is Br.Br.Cc1c[nH]c(CN)cc1=O. The monoisotopic (exact) mass is 298 g/mol. The summed E-state index contributed by atoms with van der Waals surface area (Å²) >= 11 is 0. The quantitative estimate of drug-likeness (QED) is 0.821. The van der Waals surface area contributed by atoms with Crippen LogP contribution in [0, 0.1) is 6.92 Å². The fraction of sp³-hybridized carbons (Fsp3) is 0.286. The van der Waals surface area contributed by atoms with Crippen LogP contribution in [-0.4, -0.2) is 4.98 Å². The van der Waals surface area contributed by atoms with Crippen LogP contribution in [0.4, 0.5) is 0 Å². The van der Waals surface area contributed by atoms with E-state index < -0.39 is 0 Å². The van der Waals surface area contributed by atoms with Crippen molar-refractivity contribution in [3.8, 4) is 0 Å². The summed E-state index contributed by atoms with van der Waals surface area (Å²) < 4.78 is 0. The summed E-state index contributed by atoms with van der Waals surface area (Å²) in [6.07, 6.45) is 1.67. The first kappa shape index (κ1) is 14.4. The lowest BCUT2D eigenvalue weighted by molar-refractivity contribution is 0.978. The molecule has 12 heavy (non-hydrogen) atoms. The normalized spacial score (nSPS) is 8.17. The summed E-state index contributed by atoms with van der Waals surface area (Å²) in [4.78, 5) is 13.8. The molecule has 1 aromatic rings. The van der Waals surface area contributed by atoms with E-state index in [1.807, 2.05) is 0 Å². The van der Waals surface area contributed by atoms with Gasteiger partial charge in [-0.05, 0) is 6.92 Å². The third-order valence-corrected chi connectivity index (χ3v) is 1.39. The molecule has 0 spiro atoms. The number of pyridine rings is 1. The van der Waals surface area contributed by atoms with Gasteiger partial charge in [0.25, 0.3) is 0 Å². The summed E-state index contributed by atoms with van der Waals surface area (Å²) in [5.74, 6) is 0. The summed E-state index contributed by atoms with van der Waals surface area (Å²) in [5, 5.41) is 0. The third kappa shape index (κ3) is 3.51. The van der Waals surface area contributed by atoms with Crippen LogP contribution in [0.15, 0.2) is 17.1 Å². The number of aromatic nitrogens is 1. The number of aromatic amines is 1. The zero-order valence-electron chi connectivity index (χ0n) is 6.66. The van der Waals surface area contributed by atoms with Gasteiger partial charge in [-0.1, -0.05) is 0 Å². The molecule has 0 saturated carbocycles. The lowest BCUT2D eigenvalue weighted by Crippen LogP contribution is -2.09. The van der Waals surface area contributed by atoms with Gasteiger partial charge in [-0.25, -0.2) is 0 Å². The minimum atomic E-state index is 0. The van der Waals surface area contributed by atoms with Crippen LogP contribution in [-0.2, 0) is 6.54 Å². The van der Waals surface area contributed by atoms with Gasteiger partial charge in [0, 0.05) is 30.1 Å². The van der Waals surface area contributed by atoms with Gasteiger partial charge in [0.1, 0.15) is 0 Å². The highest BCUT2D eigenvalue weighted by molar-refractivity contribution is 8.93. The Balaban J connectivity index is 0. The summed E-state index contributed by atoms with van der Waals surface area (Å²) in [6, 6.07) is 1.52. The Kier molecular flexibility index (Phi) is 7.67. The van der Waals surface area contributed by atoms with Crippen molar-refractivity contribution in [2.24, 2.45) is 5.73 Å². The Morgan fingerprint density at radius 3 is 2.50 bits per heavy atom. The molecule has 3 N–H and O–H groups in total. The summed E-state index contributed by atoms with van der Waals surface area (Å²) in [6.45, 7) is 2.15. The Morgan fingerprint density at radius 2 is 2.08 bits per heavy atom. The van der Waals surface area contributed by atoms with Gasteiger partial charge in [0.2, 0.25) is 0 Å².